The number of nitrogens with zero attached hydrogens (tertiary/aromatic N) is 3. The number of nitrogens with one attached hydrogen (secondary N) is 1. The summed E-state index contributed by atoms with van der Waals surface area (Å²) in [4.78, 5) is 16.7. The van der Waals surface area contributed by atoms with E-state index in [1.807, 2.05) is 18.2 Å². The number of hydrogen-bond acceptors (Lipinski definition) is 4. The second-order valence-electron chi connectivity index (χ2n) is 5.33. The monoisotopic (exact) mass is 348 g/mol. The Hall–Kier alpha value is -1.69. The van der Waals surface area contributed by atoms with Crippen LogP contribution in [0.1, 0.15) is 25.0 Å². The molecule has 2 heterocycles. The lowest BCUT2D eigenvalue weighted by molar-refractivity contribution is 0.262. The Labute approximate surface area is 131 Å². The quantitative estimate of drug-likeness (QED) is 0.902. The molecule has 1 aliphatic rings. The van der Waals surface area contributed by atoms with Crippen molar-refractivity contribution < 1.29 is 0 Å². The van der Waals surface area contributed by atoms with Gasteiger partial charge in [-0.15, -0.1) is 0 Å². The van der Waals surface area contributed by atoms with Crippen LogP contribution in [0.5, 0.6) is 0 Å². The highest BCUT2D eigenvalue weighted by Crippen LogP contribution is 2.27. The van der Waals surface area contributed by atoms with Crippen molar-refractivity contribution in [2.24, 2.45) is 5.92 Å². The van der Waals surface area contributed by atoms with E-state index < -0.39 is 0 Å². The van der Waals surface area contributed by atoms with Gasteiger partial charge < -0.3 is 5.32 Å². The first kappa shape index (κ1) is 14.3. The average Bonchev–Trinajstić information content (AvgIpc) is 2.45. The predicted octanol–water partition coefficient (Wildman–Crippen LogP) is 2.81. The highest BCUT2D eigenvalue weighted by molar-refractivity contribution is 9.10. The van der Waals surface area contributed by atoms with Gasteiger partial charge in [0.15, 0.2) is 0 Å². The van der Waals surface area contributed by atoms with E-state index in [0.717, 1.165) is 5.69 Å². The van der Waals surface area contributed by atoms with Crippen LogP contribution >= 0.6 is 15.9 Å². The molecular weight excluding hydrogens is 332 g/mol. The van der Waals surface area contributed by atoms with Crippen molar-refractivity contribution in [2.45, 2.75) is 32.4 Å². The molecule has 0 amide bonds. The molecule has 1 fully saturated rings. The number of rotatable bonds is 5. The SMILES string of the molecule is O=c1c(NCc2ccccn2)c(Br)cnn1CC1CCC1. The second-order valence-corrected chi connectivity index (χ2v) is 6.18. The van der Waals surface area contributed by atoms with E-state index in [0.29, 0.717) is 29.2 Å². The molecule has 21 heavy (non-hydrogen) atoms. The van der Waals surface area contributed by atoms with Gasteiger partial charge >= 0.3 is 0 Å². The molecule has 5 nitrogen and oxygen atoms in total. The molecule has 0 aliphatic heterocycles. The fourth-order valence-electron chi connectivity index (χ4n) is 2.36. The fraction of sp³-hybridized carbons (Fsp3) is 0.400. The third-order valence-corrected chi connectivity index (χ3v) is 4.43. The van der Waals surface area contributed by atoms with E-state index in [1.165, 1.54) is 19.3 Å². The van der Waals surface area contributed by atoms with E-state index in [4.69, 9.17) is 0 Å². The summed E-state index contributed by atoms with van der Waals surface area (Å²) in [5, 5.41) is 7.38. The van der Waals surface area contributed by atoms with E-state index in [2.05, 4.69) is 31.3 Å². The van der Waals surface area contributed by atoms with Gasteiger partial charge in [-0.1, -0.05) is 12.5 Å². The zero-order valence-corrected chi connectivity index (χ0v) is 13.2. The summed E-state index contributed by atoms with van der Waals surface area (Å²) < 4.78 is 2.25. The maximum atomic E-state index is 12.5. The predicted molar refractivity (Wildman–Crippen MR) is 85.1 cm³/mol. The van der Waals surface area contributed by atoms with Crippen molar-refractivity contribution in [1.29, 1.82) is 0 Å². The third-order valence-electron chi connectivity index (χ3n) is 3.83. The normalized spacial score (nSPS) is 14.7. The summed E-state index contributed by atoms with van der Waals surface area (Å²) in [6.45, 7) is 1.23. The number of anilines is 1. The summed E-state index contributed by atoms with van der Waals surface area (Å²) in [5.74, 6) is 0.597. The molecule has 110 valence electrons. The first-order valence-electron chi connectivity index (χ1n) is 7.13. The van der Waals surface area contributed by atoms with E-state index in [1.54, 1.807) is 17.1 Å². The van der Waals surface area contributed by atoms with E-state index >= 15 is 0 Å². The standard InChI is InChI=1S/C15H17BrN4O/c16-13-9-19-20(10-11-4-3-5-11)15(21)14(13)18-8-12-6-1-2-7-17-12/h1-2,6-7,9,11,18H,3-5,8,10H2. The molecule has 1 aliphatic carbocycles. The molecular formula is C15H17BrN4O. The summed E-state index contributed by atoms with van der Waals surface area (Å²) >= 11 is 3.39. The van der Waals surface area contributed by atoms with Crippen LogP contribution in [0.25, 0.3) is 0 Å². The number of pyridine rings is 1. The molecule has 0 radical (unpaired) electrons. The number of halogens is 1. The van der Waals surface area contributed by atoms with Crippen molar-refractivity contribution in [3.8, 4) is 0 Å². The Morgan fingerprint density at radius 3 is 2.90 bits per heavy atom. The minimum absolute atomic E-state index is 0.0767. The minimum atomic E-state index is -0.0767. The molecule has 0 bridgehead atoms. The maximum Gasteiger partial charge on any atom is 0.291 e. The Morgan fingerprint density at radius 2 is 2.24 bits per heavy atom. The topological polar surface area (TPSA) is 59.8 Å². The third kappa shape index (κ3) is 3.32. The largest absolute Gasteiger partial charge is 0.374 e. The minimum Gasteiger partial charge on any atom is -0.374 e. The average molecular weight is 349 g/mol. The highest BCUT2D eigenvalue weighted by atomic mass is 79.9. The van der Waals surface area contributed by atoms with Crippen molar-refractivity contribution >= 4 is 21.6 Å². The fourth-order valence-corrected chi connectivity index (χ4v) is 2.76. The van der Waals surface area contributed by atoms with Crippen LogP contribution in [-0.4, -0.2) is 14.8 Å². The van der Waals surface area contributed by atoms with Crippen molar-refractivity contribution in [1.82, 2.24) is 14.8 Å². The summed E-state index contributed by atoms with van der Waals surface area (Å²) in [5.41, 5.74) is 1.37. The zero-order valence-electron chi connectivity index (χ0n) is 11.6. The summed E-state index contributed by atoms with van der Waals surface area (Å²) in [6.07, 6.45) is 7.08. The highest BCUT2D eigenvalue weighted by Gasteiger charge is 2.20. The van der Waals surface area contributed by atoms with Gasteiger partial charge in [-0.05, 0) is 46.8 Å². The van der Waals surface area contributed by atoms with Gasteiger partial charge in [0, 0.05) is 12.7 Å². The Morgan fingerprint density at radius 1 is 1.38 bits per heavy atom. The molecule has 3 rings (SSSR count). The first-order valence-corrected chi connectivity index (χ1v) is 7.93. The molecule has 0 aromatic carbocycles. The molecule has 1 N–H and O–H groups in total. The van der Waals surface area contributed by atoms with E-state index in [-0.39, 0.29) is 5.56 Å². The lowest BCUT2D eigenvalue weighted by Gasteiger charge is -2.25. The Bertz CT molecular complexity index is 667. The molecule has 6 heteroatoms. The number of aromatic nitrogens is 3. The van der Waals surface area contributed by atoms with Crippen molar-refractivity contribution in [3.63, 3.8) is 0 Å². The van der Waals surface area contributed by atoms with Crippen LogP contribution in [0.4, 0.5) is 5.69 Å². The molecule has 0 unspecified atom stereocenters. The molecule has 1 saturated carbocycles. The first-order chi connectivity index (χ1) is 10.2. The van der Waals surface area contributed by atoms with Crippen LogP contribution in [0.2, 0.25) is 0 Å². The summed E-state index contributed by atoms with van der Waals surface area (Å²) in [6, 6.07) is 5.73. The van der Waals surface area contributed by atoms with Gasteiger partial charge in [-0.3, -0.25) is 9.78 Å². The molecule has 2 aromatic heterocycles. The molecule has 0 saturated heterocycles. The van der Waals surface area contributed by atoms with Gasteiger partial charge in [0.1, 0.15) is 5.69 Å². The van der Waals surface area contributed by atoms with E-state index in [9.17, 15) is 4.79 Å². The Balaban J connectivity index is 1.77. The van der Waals surface area contributed by atoms with Gasteiger partial charge in [-0.2, -0.15) is 5.10 Å². The lowest BCUT2D eigenvalue weighted by Crippen LogP contribution is -2.30. The lowest BCUT2D eigenvalue weighted by atomic mass is 9.85. The van der Waals surface area contributed by atoms with Gasteiger partial charge in [0.05, 0.1) is 22.9 Å². The Kier molecular flexibility index (Phi) is 4.34. The zero-order chi connectivity index (χ0) is 14.7. The molecule has 0 spiro atoms. The van der Waals surface area contributed by atoms with Crippen LogP contribution in [0, 0.1) is 5.92 Å². The molecule has 0 atom stereocenters. The van der Waals surface area contributed by atoms with Gasteiger partial charge in [0.2, 0.25) is 0 Å². The smallest absolute Gasteiger partial charge is 0.291 e. The maximum absolute atomic E-state index is 12.5. The summed E-state index contributed by atoms with van der Waals surface area (Å²) in [7, 11) is 0. The van der Waals surface area contributed by atoms with Crippen LogP contribution in [-0.2, 0) is 13.1 Å². The van der Waals surface area contributed by atoms with Crippen molar-refractivity contribution in [3.05, 3.63) is 51.1 Å². The van der Waals surface area contributed by atoms with Gasteiger partial charge in [0.25, 0.3) is 5.56 Å². The number of hydrogen-bond donors (Lipinski definition) is 1. The molecule has 2 aromatic rings. The van der Waals surface area contributed by atoms with Crippen LogP contribution < -0.4 is 10.9 Å². The van der Waals surface area contributed by atoms with Gasteiger partial charge in [-0.25, -0.2) is 4.68 Å². The van der Waals surface area contributed by atoms with Crippen LogP contribution in [0.3, 0.4) is 0 Å². The van der Waals surface area contributed by atoms with Crippen LogP contribution in [0.15, 0.2) is 39.9 Å². The van der Waals surface area contributed by atoms with Crippen molar-refractivity contribution in [2.75, 3.05) is 5.32 Å². The second kappa shape index (κ2) is 6.39.